The maximum Gasteiger partial charge on any atom is 0.228 e. The molecule has 3 aromatic heterocycles. The molecule has 2 N–H and O–H groups in total. The van der Waals surface area contributed by atoms with E-state index in [1.807, 2.05) is 52.9 Å². The van der Waals surface area contributed by atoms with Crippen molar-refractivity contribution < 1.29 is 4.79 Å². The summed E-state index contributed by atoms with van der Waals surface area (Å²) in [7, 11) is 0. The minimum absolute atomic E-state index is 0.0659. The van der Waals surface area contributed by atoms with Gasteiger partial charge in [0.2, 0.25) is 5.91 Å². The van der Waals surface area contributed by atoms with Crippen molar-refractivity contribution in [2.75, 3.05) is 5.32 Å². The zero-order valence-electron chi connectivity index (χ0n) is 14.6. The molecule has 3 aromatic rings. The van der Waals surface area contributed by atoms with Crippen LogP contribution in [0.3, 0.4) is 0 Å². The number of fused-ring (bicyclic) bond motifs is 1. The Balaban J connectivity index is 2.14. The molecule has 3 rings (SSSR count). The normalized spacial score (nSPS) is 11.2. The summed E-state index contributed by atoms with van der Waals surface area (Å²) in [6.45, 7) is 9.67. The van der Waals surface area contributed by atoms with Crippen LogP contribution < -0.4 is 5.32 Å². The minimum Gasteiger partial charge on any atom is -0.308 e. The number of carbonyl (C=O) groups is 1. The van der Waals surface area contributed by atoms with Gasteiger partial charge < -0.3 is 5.32 Å². The van der Waals surface area contributed by atoms with Gasteiger partial charge in [0.25, 0.3) is 0 Å². The topological polar surface area (TPSA) is 83.6 Å². The summed E-state index contributed by atoms with van der Waals surface area (Å²) >= 11 is 0. The Morgan fingerprint density at radius 2 is 1.83 bits per heavy atom. The van der Waals surface area contributed by atoms with Crippen LogP contribution in [0, 0.1) is 26.7 Å². The van der Waals surface area contributed by atoms with Crippen molar-refractivity contribution in [1.29, 1.82) is 0 Å². The Bertz CT molecular complexity index is 906. The van der Waals surface area contributed by atoms with Gasteiger partial charge in [-0.3, -0.25) is 14.9 Å². The van der Waals surface area contributed by atoms with Crippen molar-refractivity contribution in [3.8, 4) is 11.1 Å². The quantitative estimate of drug-likeness (QED) is 0.772. The molecule has 1 amide bonds. The fourth-order valence-corrected chi connectivity index (χ4v) is 2.77. The lowest BCUT2D eigenvalue weighted by Gasteiger charge is -2.10. The van der Waals surface area contributed by atoms with Gasteiger partial charge in [-0.2, -0.15) is 5.10 Å². The third-order valence-corrected chi connectivity index (χ3v) is 4.01. The maximum absolute atomic E-state index is 12.0. The van der Waals surface area contributed by atoms with Gasteiger partial charge in [-0.1, -0.05) is 13.8 Å². The summed E-state index contributed by atoms with van der Waals surface area (Å²) in [4.78, 5) is 20.9. The van der Waals surface area contributed by atoms with Crippen LogP contribution in [0.4, 0.5) is 5.82 Å². The van der Waals surface area contributed by atoms with Gasteiger partial charge in [0.15, 0.2) is 11.5 Å². The third-order valence-electron chi connectivity index (χ3n) is 4.01. The number of anilines is 1. The number of aryl methyl sites for hydroxylation is 3. The van der Waals surface area contributed by atoms with Gasteiger partial charge in [0.05, 0.1) is 5.39 Å². The van der Waals surface area contributed by atoms with E-state index in [2.05, 4.69) is 25.5 Å². The number of nitrogens with zero attached hydrogens (tertiary/aromatic N) is 3. The molecule has 124 valence electrons. The van der Waals surface area contributed by atoms with Crippen LogP contribution >= 0.6 is 0 Å². The van der Waals surface area contributed by atoms with Crippen LogP contribution in [0.15, 0.2) is 18.3 Å². The number of carbonyl (C=O) groups excluding carboxylic acids is 1. The molecule has 0 fully saturated rings. The molecule has 24 heavy (non-hydrogen) atoms. The lowest BCUT2D eigenvalue weighted by Crippen LogP contribution is -2.18. The van der Waals surface area contributed by atoms with Crippen molar-refractivity contribution in [3.63, 3.8) is 0 Å². The molecule has 0 aliphatic rings. The number of amides is 1. The number of aromatic amines is 1. The smallest absolute Gasteiger partial charge is 0.228 e. The highest BCUT2D eigenvalue weighted by atomic mass is 16.1. The summed E-state index contributed by atoms with van der Waals surface area (Å²) in [6.07, 6.45) is 1.83. The minimum atomic E-state index is -0.112. The first-order valence-corrected chi connectivity index (χ1v) is 7.97. The largest absolute Gasteiger partial charge is 0.308 e. The number of hydrogen-bond acceptors (Lipinski definition) is 4. The molecule has 0 saturated heterocycles. The van der Waals surface area contributed by atoms with Crippen LogP contribution in [-0.2, 0) is 4.79 Å². The molecule has 6 heteroatoms. The second-order valence-electron chi connectivity index (χ2n) is 6.38. The lowest BCUT2D eigenvalue weighted by molar-refractivity contribution is -0.118. The van der Waals surface area contributed by atoms with Gasteiger partial charge >= 0.3 is 0 Å². The Labute approximate surface area is 140 Å². The van der Waals surface area contributed by atoms with Gasteiger partial charge in [0, 0.05) is 29.1 Å². The van der Waals surface area contributed by atoms with E-state index in [1.54, 1.807) is 0 Å². The summed E-state index contributed by atoms with van der Waals surface area (Å²) in [5, 5.41) is 10.8. The predicted molar refractivity (Wildman–Crippen MR) is 94.8 cm³/mol. The molecule has 0 atom stereocenters. The maximum atomic E-state index is 12.0. The average molecular weight is 323 g/mol. The molecule has 0 unspecified atom stereocenters. The van der Waals surface area contributed by atoms with Gasteiger partial charge in [0.1, 0.15) is 0 Å². The first-order valence-electron chi connectivity index (χ1n) is 7.97. The van der Waals surface area contributed by atoms with Crippen molar-refractivity contribution in [1.82, 2.24) is 20.2 Å². The number of aromatic nitrogens is 4. The average Bonchev–Trinajstić information content (AvgIpc) is 2.90. The number of H-pyrrole nitrogens is 1. The fourth-order valence-electron chi connectivity index (χ4n) is 2.77. The van der Waals surface area contributed by atoms with Crippen LogP contribution in [0.2, 0.25) is 0 Å². The number of pyridine rings is 2. The van der Waals surface area contributed by atoms with E-state index in [0.717, 1.165) is 33.5 Å². The molecule has 0 saturated carbocycles. The Morgan fingerprint density at radius 1 is 1.17 bits per heavy atom. The lowest BCUT2D eigenvalue weighted by atomic mass is 10.00. The van der Waals surface area contributed by atoms with Crippen molar-refractivity contribution in [3.05, 3.63) is 35.3 Å². The molecular weight excluding hydrogens is 302 g/mol. The third kappa shape index (κ3) is 2.87. The summed E-state index contributed by atoms with van der Waals surface area (Å²) in [5.74, 6) is 0.348. The Morgan fingerprint density at radius 3 is 2.46 bits per heavy atom. The predicted octanol–water partition coefficient (Wildman–Crippen LogP) is 3.54. The standard InChI is InChI=1S/C18H21N5O/c1-9(2)18(24)21-17-15-12(5)14(8-19-16(15)22-23-17)13-6-10(3)20-11(4)7-13/h6-9H,1-5H3,(H2,19,21,22,23,24). The highest BCUT2D eigenvalue weighted by molar-refractivity contribution is 6.02. The molecule has 0 radical (unpaired) electrons. The molecule has 0 aliphatic carbocycles. The van der Waals surface area contributed by atoms with Crippen LogP contribution in [-0.4, -0.2) is 26.1 Å². The zero-order valence-corrected chi connectivity index (χ0v) is 14.6. The SMILES string of the molecule is Cc1cc(-c2cnc3[nH]nc(NC(=O)C(C)C)c3c2C)cc(C)n1. The van der Waals surface area contributed by atoms with Crippen molar-refractivity contribution in [2.45, 2.75) is 34.6 Å². The fraction of sp³-hybridized carbons (Fsp3) is 0.333. The summed E-state index contributed by atoms with van der Waals surface area (Å²) in [5.41, 5.74) is 5.69. The highest BCUT2D eigenvalue weighted by Gasteiger charge is 2.17. The zero-order chi connectivity index (χ0) is 17.4. The van der Waals surface area contributed by atoms with E-state index in [-0.39, 0.29) is 11.8 Å². The summed E-state index contributed by atoms with van der Waals surface area (Å²) < 4.78 is 0. The second kappa shape index (κ2) is 6.03. The molecular formula is C18H21N5O. The van der Waals surface area contributed by atoms with Gasteiger partial charge in [-0.15, -0.1) is 0 Å². The first kappa shape index (κ1) is 16.1. The number of nitrogens with one attached hydrogen (secondary N) is 2. The van der Waals surface area contributed by atoms with Gasteiger partial charge in [-0.05, 0) is 44.0 Å². The van der Waals surface area contributed by atoms with E-state index in [9.17, 15) is 4.79 Å². The van der Waals surface area contributed by atoms with Crippen LogP contribution in [0.1, 0.15) is 30.8 Å². The molecule has 0 aromatic carbocycles. The molecule has 0 aliphatic heterocycles. The van der Waals surface area contributed by atoms with Gasteiger partial charge in [-0.25, -0.2) is 4.98 Å². The second-order valence-corrected chi connectivity index (χ2v) is 6.38. The van der Waals surface area contributed by atoms with Crippen LogP contribution in [0.25, 0.3) is 22.2 Å². The van der Waals surface area contributed by atoms with E-state index >= 15 is 0 Å². The van der Waals surface area contributed by atoms with Crippen molar-refractivity contribution in [2.24, 2.45) is 5.92 Å². The number of rotatable bonds is 3. The van der Waals surface area contributed by atoms with E-state index in [0.29, 0.717) is 11.5 Å². The molecule has 3 heterocycles. The molecule has 0 bridgehead atoms. The van der Waals surface area contributed by atoms with E-state index in [1.165, 1.54) is 0 Å². The van der Waals surface area contributed by atoms with Crippen LogP contribution in [0.5, 0.6) is 0 Å². The number of hydrogen-bond donors (Lipinski definition) is 2. The van der Waals surface area contributed by atoms with E-state index < -0.39 is 0 Å². The Hall–Kier alpha value is -2.76. The summed E-state index contributed by atoms with van der Waals surface area (Å²) in [6, 6.07) is 4.07. The van der Waals surface area contributed by atoms with E-state index in [4.69, 9.17) is 0 Å². The Kier molecular flexibility index (Phi) is 4.05. The van der Waals surface area contributed by atoms with Crippen molar-refractivity contribution >= 4 is 22.8 Å². The first-order chi connectivity index (χ1) is 11.4. The molecule has 0 spiro atoms. The highest BCUT2D eigenvalue weighted by Crippen LogP contribution is 2.31. The monoisotopic (exact) mass is 323 g/mol. The molecule has 6 nitrogen and oxygen atoms in total.